The number of rotatable bonds is 4. The monoisotopic (exact) mass is 237 g/mol. The molecule has 3 nitrogen and oxygen atoms in total. The molecule has 0 aliphatic heterocycles. The summed E-state index contributed by atoms with van der Waals surface area (Å²) in [6.45, 7) is 0. The van der Waals surface area contributed by atoms with Gasteiger partial charge in [0.15, 0.2) is 0 Å². The second-order valence-corrected chi connectivity index (χ2v) is 2.94. The molecule has 84 valence electrons. The highest BCUT2D eigenvalue weighted by atomic mass is 35.5. The lowest BCUT2D eigenvalue weighted by molar-refractivity contribution is 0.144. The summed E-state index contributed by atoms with van der Waals surface area (Å²) >= 11 is 5.64. The van der Waals surface area contributed by atoms with E-state index in [0.717, 1.165) is 6.07 Å². The van der Waals surface area contributed by atoms with Crippen molar-refractivity contribution in [3.8, 4) is 11.6 Å². The topological polar surface area (TPSA) is 31.4 Å². The Bertz CT molecular complexity index is 322. The van der Waals surface area contributed by atoms with Gasteiger partial charge in [-0.15, -0.1) is 11.6 Å². The smallest absolute Gasteiger partial charge is 0.280 e. The Morgan fingerprint density at radius 2 is 2.07 bits per heavy atom. The van der Waals surface area contributed by atoms with Crippen LogP contribution in [0.4, 0.5) is 8.78 Å². The van der Waals surface area contributed by atoms with Gasteiger partial charge in [0.1, 0.15) is 11.4 Å². The molecule has 0 atom stereocenters. The van der Waals surface area contributed by atoms with Crippen molar-refractivity contribution in [1.29, 1.82) is 0 Å². The number of ether oxygens (including phenoxy) is 2. The van der Waals surface area contributed by atoms with Gasteiger partial charge in [-0.1, -0.05) is 0 Å². The van der Waals surface area contributed by atoms with E-state index in [2.05, 4.69) is 4.98 Å². The van der Waals surface area contributed by atoms with Crippen LogP contribution in [0.1, 0.15) is 17.7 Å². The Labute approximate surface area is 91.0 Å². The molecule has 0 amide bonds. The second kappa shape index (κ2) is 5.11. The first-order chi connectivity index (χ1) is 7.13. The van der Waals surface area contributed by atoms with E-state index in [1.54, 1.807) is 0 Å². The Morgan fingerprint density at radius 1 is 1.40 bits per heavy atom. The maximum Gasteiger partial charge on any atom is 0.280 e. The number of methoxy groups -OCH3 is 2. The van der Waals surface area contributed by atoms with Crippen LogP contribution in [0.25, 0.3) is 0 Å². The summed E-state index contributed by atoms with van der Waals surface area (Å²) in [7, 11) is 2.72. The van der Waals surface area contributed by atoms with Crippen LogP contribution in [0.3, 0.4) is 0 Å². The standard InChI is InChI=1S/C9H10ClF2NO2/c1-14-7-3-6(8(11)12)13-9(15-2)5(7)4-10/h3,8H,4H2,1-2H3. The van der Waals surface area contributed by atoms with E-state index in [1.807, 2.05) is 0 Å². The van der Waals surface area contributed by atoms with Crippen molar-refractivity contribution in [3.05, 3.63) is 17.3 Å². The van der Waals surface area contributed by atoms with Crippen LogP contribution in [-0.2, 0) is 5.88 Å². The fraction of sp³-hybridized carbons (Fsp3) is 0.444. The summed E-state index contributed by atoms with van der Waals surface area (Å²) in [6.07, 6.45) is -2.67. The Kier molecular flexibility index (Phi) is 4.08. The van der Waals surface area contributed by atoms with E-state index in [0.29, 0.717) is 5.56 Å². The Balaban J connectivity index is 3.29. The highest BCUT2D eigenvalue weighted by Crippen LogP contribution is 2.32. The van der Waals surface area contributed by atoms with Gasteiger partial charge in [-0.2, -0.15) is 0 Å². The average Bonchev–Trinajstić information content (AvgIpc) is 2.26. The van der Waals surface area contributed by atoms with Crippen LogP contribution >= 0.6 is 11.6 Å². The molecule has 0 N–H and O–H groups in total. The molecule has 0 aliphatic carbocycles. The van der Waals surface area contributed by atoms with Crippen LogP contribution < -0.4 is 9.47 Å². The minimum absolute atomic E-state index is 0.0691. The van der Waals surface area contributed by atoms with Crippen molar-refractivity contribution in [1.82, 2.24) is 4.98 Å². The minimum atomic E-state index is -2.67. The van der Waals surface area contributed by atoms with E-state index in [9.17, 15) is 8.78 Å². The van der Waals surface area contributed by atoms with Gasteiger partial charge in [0.25, 0.3) is 6.43 Å². The van der Waals surface area contributed by atoms with E-state index in [1.165, 1.54) is 14.2 Å². The van der Waals surface area contributed by atoms with E-state index in [4.69, 9.17) is 21.1 Å². The summed E-state index contributed by atoms with van der Waals surface area (Å²) < 4.78 is 34.6. The number of nitrogens with zero attached hydrogens (tertiary/aromatic N) is 1. The minimum Gasteiger partial charge on any atom is -0.496 e. The van der Waals surface area contributed by atoms with Crippen LogP contribution in [0.15, 0.2) is 6.07 Å². The third-order valence-electron chi connectivity index (χ3n) is 1.84. The van der Waals surface area contributed by atoms with Crippen LogP contribution in [-0.4, -0.2) is 19.2 Å². The lowest BCUT2D eigenvalue weighted by Gasteiger charge is -2.11. The number of halogens is 3. The predicted molar refractivity (Wildman–Crippen MR) is 51.9 cm³/mol. The van der Waals surface area contributed by atoms with Gasteiger partial charge >= 0.3 is 0 Å². The van der Waals surface area contributed by atoms with Crippen LogP contribution in [0.2, 0.25) is 0 Å². The fourth-order valence-electron chi connectivity index (χ4n) is 1.13. The molecule has 0 saturated heterocycles. The first kappa shape index (κ1) is 12.0. The van der Waals surface area contributed by atoms with Crippen molar-refractivity contribution in [2.75, 3.05) is 14.2 Å². The van der Waals surface area contributed by atoms with Gasteiger partial charge < -0.3 is 9.47 Å². The molecule has 6 heteroatoms. The number of aromatic nitrogens is 1. The number of alkyl halides is 3. The third kappa shape index (κ3) is 2.47. The molecule has 0 bridgehead atoms. The lowest BCUT2D eigenvalue weighted by atomic mass is 10.2. The number of hydrogen-bond acceptors (Lipinski definition) is 3. The largest absolute Gasteiger partial charge is 0.496 e. The molecule has 0 spiro atoms. The third-order valence-corrected chi connectivity index (χ3v) is 2.10. The van der Waals surface area contributed by atoms with Gasteiger partial charge in [-0.3, -0.25) is 0 Å². The molecule has 1 aromatic heterocycles. The summed E-state index contributed by atoms with van der Waals surface area (Å²) in [5, 5.41) is 0. The van der Waals surface area contributed by atoms with Gasteiger partial charge in [0, 0.05) is 6.07 Å². The molecule has 0 aliphatic rings. The second-order valence-electron chi connectivity index (χ2n) is 2.67. The van der Waals surface area contributed by atoms with Gasteiger partial charge in [0.2, 0.25) is 5.88 Å². The first-order valence-corrected chi connectivity index (χ1v) is 4.63. The zero-order valence-corrected chi connectivity index (χ0v) is 9.02. The lowest BCUT2D eigenvalue weighted by Crippen LogP contribution is -2.01. The van der Waals surface area contributed by atoms with E-state index < -0.39 is 12.1 Å². The average molecular weight is 238 g/mol. The highest BCUT2D eigenvalue weighted by molar-refractivity contribution is 6.17. The summed E-state index contributed by atoms with van der Waals surface area (Å²) in [5.74, 6) is 0.412. The molecule has 1 rings (SSSR count). The molecular weight excluding hydrogens is 228 g/mol. The first-order valence-electron chi connectivity index (χ1n) is 4.10. The maximum absolute atomic E-state index is 12.4. The molecule has 0 fully saturated rings. The number of hydrogen-bond donors (Lipinski definition) is 0. The molecule has 0 radical (unpaired) electrons. The molecule has 15 heavy (non-hydrogen) atoms. The SMILES string of the molecule is COc1cc(C(F)F)nc(OC)c1CCl. The van der Waals surface area contributed by atoms with Crippen LogP contribution in [0, 0.1) is 0 Å². The van der Waals surface area contributed by atoms with Crippen molar-refractivity contribution >= 4 is 11.6 Å². The highest BCUT2D eigenvalue weighted by Gasteiger charge is 2.17. The summed E-state index contributed by atoms with van der Waals surface area (Å²) in [4.78, 5) is 3.63. The van der Waals surface area contributed by atoms with Crippen molar-refractivity contribution < 1.29 is 18.3 Å². The predicted octanol–water partition coefficient (Wildman–Crippen LogP) is 2.78. The molecular formula is C9H10ClF2NO2. The van der Waals surface area contributed by atoms with Gasteiger partial charge in [-0.25, -0.2) is 13.8 Å². The zero-order valence-electron chi connectivity index (χ0n) is 8.26. The molecule has 0 saturated carbocycles. The van der Waals surface area contributed by atoms with Crippen molar-refractivity contribution in [3.63, 3.8) is 0 Å². The zero-order chi connectivity index (χ0) is 11.4. The summed E-state index contributed by atoms with van der Waals surface area (Å²) in [6, 6.07) is 1.16. The molecule has 1 heterocycles. The van der Waals surface area contributed by atoms with Crippen molar-refractivity contribution in [2.45, 2.75) is 12.3 Å². The summed E-state index contributed by atoms with van der Waals surface area (Å²) in [5.41, 5.74) is 0.0728. The van der Waals surface area contributed by atoms with E-state index >= 15 is 0 Å². The van der Waals surface area contributed by atoms with Crippen molar-refractivity contribution in [2.24, 2.45) is 0 Å². The van der Waals surface area contributed by atoms with Gasteiger partial charge in [-0.05, 0) is 0 Å². The van der Waals surface area contributed by atoms with Gasteiger partial charge in [0.05, 0.1) is 25.7 Å². The molecule has 0 unspecified atom stereocenters. The molecule has 1 aromatic rings. The Morgan fingerprint density at radius 3 is 2.47 bits per heavy atom. The van der Waals surface area contributed by atoms with Crippen LogP contribution in [0.5, 0.6) is 11.6 Å². The number of pyridine rings is 1. The Hall–Kier alpha value is -1.10. The molecule has 0 aromatic carbocycles. The maximum atomic E-state index is 12.4. The quantitative estimate of drug-likeness (QED) is 0.755. The fourth-order valence-corrected chi connectivity index (χ4v) is 1.38. The normalized spacial score (nSPS) is 10.5. The van der Waals surface area contributed by atoms with E-state index in [-0.39, 0.29) is 17.5 Å².